The molecule has 0 saturated carbocycles. The van der Waals surface area contributed by atoms with E-state index in [0.717, 1.165) is 0 Å². The normalized spacial score (nSPS) is 12.6. The van der Waals surface area contributed by atoms with Crippen molar-refractivity contribution in [3.8, 4) is 0 Å². The van der Waals surface area contributed by atoms with Crippen LogP contribution in [0.15, 0.2) is 30.9 Å². The lowest BCUT2D eigenvalue weighted by Gasteiger charge is -2.22. The lowest BCUT2D eigenvalue weighted by molar-refractivity contribution is -0.138. The second kappa shape index (κ2) is 10.6. The van der Waals surface area contributed by atoms with Crippen LogP contribution in [0.1, 0.15) is 16.8 Å². The van der Waals surface area contributed by atoms with Gasteiger partial charge in [0.25, 0.3) is 0 Å². The van der Waals surface area contributed by atoms with E-state index in [4.69, 9.17) is 33.0 Å². The van der Waals surface area contributed by atoms with E-state index in [1.807, 2.05) is 0 Å². The quantitative estimate of drug-likeness (QED) is 0.425. The fraction of sp³-hybridized carbons (Fsp3) is 0.312. The van der Waals surface area contributed by atoms with Crippen molar-refractivity contribution in [2.75, 3.05) is 13.2 Å². The molecule has 26 heavy (non-hydrogen) atoms. The van der Waals surface area contributed by atoms with Gasteiger partial charge in [0.2, 0.25) is 0 Å². The molecule has 1 aromatic carbocycles. The molecule has 0 aliphatic carbocycles. The molecule has 0 saturated heterocycles. The van der Waals surface area contributed by atoms with Crippen LogP contribution in [0.2, 0.25) is 10.0 Å². The first-order chi connectivity index (χ1) is 12.3. The second-order valence-electron chi connectivity index (χ2n) is 5.00. The summed E-state index contributed by atoms with van der Waals surface area (Å²) in [6, 6.07) is 3.16. The van der Waals surface area contributed by atoms with Crippen LogP contribution in [-0.4, -0.2) is 53.6 Å². The number of rotatable bonds is 9. The van der Waals surface area contributed by atoms with Crippen molar-refractivity contribution in [3.63, 3.8) is 0 Å². The van der Waals surface area contributed by atoms with Crippen molar-refractivity contribution < 1.29 is 34.1 Å². The van der Waals surface area contributed by atoms with Gasteiger partial charge in [-0.25, -0.2) is 9.59 Å². The Kier molecular flexibility index (Phi) is 8.91. The van der Waals surface area contributed by atoms with Gasteiger partial charge in [-0.2, -0.15) is 0 Å². The highest BCUT2D eigenvalue weighted by Gasteiger charge is 2.27. The Morgan fingerprint density at radius 1 is 1.23 bits per heavy atom. The minimum absolute atomic E-state index is 0.0604. The number of halogens is 2. The minimum atomic E-state index is -1.51. The maximum Gasteiger partial charge on any atom is 0.407 e. The SMILES string of the molecule is C=CCOC(=O)NC(CC(=O)O)C(O)COC(=O)c1c(Cl)cccc1Cl. The molecular weight excluding hydrogens is 389 g/mol. The van der Waals surface area contributed by atoms with Gasteiger partial charge >= 0.3 is 18.0 Å². The highest BCUT2D eigenvalue weighted by molar-refractivity contribution is 6.39. The largest absolute Gasteiger partial charge is 0.481 e. The van der Waals surface area contributed by atoms with Crippen LogP contribution in [0.4, 0.5) is 4.79 Å². The number of hydrogen-bond donors (Lipinski definition) is 3. The number of nitrogens with one attached hydrogen (secondary N) is 1. The molecule has 10 heteroatoms. The molecule has 0 bridgehead atoms. The number of esters is 1. The highest BCUT2D eigenvalue weighted by Crippen LogP contribution is 2.25. The van der Waals surface area contributed by atoms with Crippen molar-refractivity contribution in [1.82, 2.24) is 5.32 Å². The van der Waals surface area contributed by atoms with E-state index in [2.05, 4.69) is 16.6 Å². The number of carboxylic acids is 1. The number of aliphatic hydroxyl groups excluding tert-OH is 1. The Morgan fingerprint density at radius 3 is 2.38 bits per heavy atom. The molecule has 0 aliphatic heterocycles. The maximum absolute atomic E-state index is 12.1. The average Bonchev–Trinajstić information content (AvgIpc) is 2.56. The molecule has 2 unspecified atom stereocenters. The van der Waals surface area contributed by atoms with Gasteiger partial charge in [-0.05, 0) is 12.1 Å². The third-order valence-corrected chi connectivity index (χ3v) is 3.68. The number of carboxylic acid groups (broad SMARTS) is 1. The topological polar surface area (TPSA) is 122 Å². The van der Waals surface area contributed by atoms with Crippen LogP contribution < -0.4 is 5.32 Å². The predicted molar refractivity (Wildman–Crippen MR) is 93.5 cm³/mol. The molecule has 0 aliphatic rings. The van der Waals surface area contributed by atoms with Crippen LogP contribution in [0.3, 0.4) is 0 Å². The second-order valence-corrected chi connectivity index (χ2v) is 5.81. The first-order valence-electron chi connectivity index (χ1n) is 7.31. The van der Waals surface area contributed by atoms with Crippen LogP contribution in [0.5, 0.6) is 0 Å². The number of ether oxygens (including phenoxy) is 2. The number of benzene rings is 1. The average molecular weight is 406 g/mol. The number of alkyl carbamates (subject to hydrolysis) is 1. The molecule has 8 nitrogen and oxygen atoms in total. The van der Waals surface area contributed by atoms with Crippen LogP contribution >= 0.6 is 23.2 Å². The Labute approximate surface area is 159 Å². The summed E-state index contributed by atoms with van der Waals surface area (Å²) >= 11 is 11.8. The molecule has 0 heterocycles. The summed E-state index contributed by atoms with van der Waals surface area (Å²) in [7, 11) is 0. The van der Waals surface area contributed by atoms with E-state index in [1.54, 1.807) is 0 Å². The molecule has 2 atom stereocenters. The summed E-state index contributed by atoms with van der Waals surface area (Å²) in [6.07, 6.45) is -1.75. The Hall–Kier alpha value is -2.29. The summed E-state index contributed by atoms with van der Waals surface area (Å²) in [6.45, 7) is 2.67. The van der Waals surface area contributed by atoms with Gasteiger partial charge in [0, 0.05) is 0 Å². The molecule has 1 rings (SSSR count). The number of carbonyl (C=O) groups is 3. The summed E-state index contributed by atoms with van der Waals surface area (Å²) in [5.41, 5.74) is -0.0869. The van der Waals surface area contributed by atoms with Gasteiger partial charge in [-0.1, -0.05) is 41.9 Å². The fourth-order valence-corrected chi connectivity index (χ4v) is 2.39. The van der Waals surface area contributed by atoms with E-state index in [1.165, 1.54) is 24.3 Å². The molecular formula is C16H17Cl2NO7. The molecule has 0 aromatic heterocycles. The zero-order chi connectivity index (χ0) is 19.7. The Morgan fingerprint density at radius 2 is 1.85 bits per heavy atom. The third kappa shape index (κ3) is 6.91. The first-order valence-corrected chi connectivity index (χ1v) is 8.07. The predicted octanol–water partition coefficient (Wildman–Crippen LogP) is 2.27. The molecule has 0 spiro atoms. The maximum atomic E-state index is 12.1. The van der Waals surface area contributed by atoms with Gasteiger partial charge in [0.05, 0.1) is 28.1 Å². The van der Waals surface area contributed by atoms with Crippen molar-refractivity contribution in [2.24, 2.45) is 0 Å². The minimum Gasteiger partial charge on any atom is -0.481 e. The van der Waals surface area contributed by atoms with Gasteiger partial charge in [-0.3, -0.25) is 4.79 Å². The van der Waals surface area contributed by atoms with Crippen molar-refractivity contribution in [3.05, 3.63) is 46.5 Å². The lowest BCUT2D eigenvalue weighted by Crippen LogP contribution is -2.47. The third-order valence-electron chi connectivity index (χ3n) is 3.05. The van der Waals surface area contributed by atoms with Gasteiger partial charge in [0.15, 0.2) is 0 Å². The molecule has 3 N–H and O–H groups in total. The van der Waals surface area contributed by atoms with E-state index in [-0.39, 0.29) is 22.2 Å². The number of aliphatic hydroxyl groups is 1. The van der Waals surface area contributed by atoms with Crippen LogP contribution in [0.25, 0.3) is 0 Å². The number of amides is 1. The molecule has 1 amide bonds. The van der Waals surface area contributed by atoms with Crippen molar-refractivity contribution in [2.45, 2.75) is 18.6 Å². The summed E-state index contributed by atoms with van der Waals surface area (Å²) in [5.74, 6) is -2.18. The number of aliphatic carboxylic acids is 1. The number of carbonyl (C=O) groups excluding carboxylic acids is 2. The van der Waals surface area contributed by atoms with E-state index in [0.29, 0.717) is 0 Å². The van der Waals surface area contributed by atoms with Crippen LogP contribution in [0, 0.1) is 0 Å². The molecule has 142 valence electrons. The van der Waals surface area contributed by atoms with Gasteiger partial charge in [0.1, 0.15) is 19.3 Å². The van der Waals surface area contributed by atoms with E-state index < -0.39 is 43.2 Å². The zero-order valence-electron chi connectivity index (χ0n) is 13.5. The summed E-state index contributed by atoms with van der Waals surface area (Å²) in [4.78, 5) is 34.5. The monoisotopic (exact) mass is 405 g/mol. The molecule has 0 fully saturated rings. The molecule has 0 radical (unpaired) electrons. The summed E-state index contributed by atoms with van der Waals surface area (Å²) in [5, 5.41) is 21.3. The van der Waals surface area contributed by atoms with E-state index >= 15 is 0 Å². The standard InChI is InChI=1S/C16H17Cl2NO7/c1-2-6-25-16(24)19-11(7-13(21)22)12(20)8-26-15(23)14-9(17)4-3-5-10(14)18/h2-5,11-12,20H,1,6-8H2,(H,19,24)(H,21,22). The zero-order valence-corrected chi connectivity index (χ0v) is 15.0. The smallest absolute Gasteiger partial charge is 0.407 e. The Balaban J connectivity index is 2.71. The van der Waals surface area contributed by atoms with Gasteiger partial charge in [-0.15, -0.1) is 0 Å². The van der Waals surface area contributed by atoms with Crippen molar-refractivity contribution >= 4 is 41.2 Å². The first kappa shape index (κ1) is 21.8. The fourth-order valence-electron chi connectivity index (χ4n) is 1.84. The Bertz CT molecular complexity index is 660. The molecule has 1 aromatic rings. The highest BCUT2D eigenvalue weighted by atomic mass is 35.5. The van der Waals surface area contributed by atoms with Crippen LogP contribution in [-0.2, 0) is 14.3 Å². The van der Waals surface area contributed by atoms with Gasteiger partial charge < -0.3 is 25.0 Å². The lowest BCUT2D eigenvalue weighted by atomic mass is 10.1. The van der Waals surface area contributed by atoms with E-state index in [9.17, 15) is 19.5 Å². The summed E-state index contributed by atoms with van der Waals surface area (Å²) < 4.78 is 9.58. The van der Waals surface area contributed by atoms with Crippen molar-refractivity contribution in [1.29, 1.82) is 0 Å². The number of hydrogen-bond acceptors (Lipinski definition) is 6.